The molecule has 24 heavy (non-hydrogen) atoms. The Hall–Kier alpha value is -2.66. The Morgan fingerprint density at radius 3 is 2.79 bits per heavy atom. The van der Waals surface area contributed by atoms with E-state index >= 15 is 0 Å². The van der Waals surface area contributed by atoms with Crippen LogP contribution < -0.4 is 20.5 Å². The summed E-state index contributed by atoms with van der Waals surface area (Å²) in [5, 5.41) is 12.6. The summed E-state index contributed by atoms with van der Waals surface area (Å²) in [6.45, 7) is 0. The van der Waals surface area contributed by atoms with Crippen LogP contribution in [0.4, 0.5) is 0 Å². The average Bonchev–Trinajstić information content (AvgIpc) is 2.58. The van der Waals surface area contributed by atoms with Crippen molar-refractivity contribution in [3.05, 3.63) is 34.4 Å². The summed E-state index contributed by atoms with van der Waals surface area (Å²) in [6, 6.07) is 7.34. The molecule has 0 bridgehead atoms. The molecule has 1 aromatic carbocycles. The highest BCUT2D eigenvalue weighted by atomic mass is 32.2. The Balaban J connectivity index is 2.51. The van der Waals surface area contributed by atoms with Crippen LogP contribution in [0.1, 0.15) is 17.9 Å². The van der Waals surface area contributed by atoms with E-state index in [9.17, 15) is 14.9 Å². The van der Waals surface area contributed by atoms with Crippen molar-refractivity contribution in [1.82, 2.24) is 5.32 Å². The van der Waals surface area contributed by atoms with Crippen LogP contribution in [0.3, 0.4) is 0 Å². The van der Waals surface area contributed by atoms with Gasteiger partial charge in [-0.2, -0.15) is 5.26 Å². The van der Waals surface area contributed by atoms with Gasteiger partial charge in [0.1, 0.15) is 11.5 Å². The lowest BCUT2D eigenvalue weighted by atomic mass is 9.86. The quantitative estimate of drug-likeness (QED) is 0.801. The zero-order chi connectivity index (χ0) is 17.7. The number of amides is 2. The van der Waals surface area contributed by atoms with Crippen molar-refractivity contribution in [3.8, 4) is 17.6 Å². The first kappa shape index (κ1) is 17.7. The van der Waals surface area contributed by atoms with Crippen molar-refractivity contribution in [1.29, 1.82) is 5.26 Å². The Morgan fingerprint density at radius 1 is 1.46 bits per heavy atom. The van der Waals surface area contributed by atoms with Crippen LogP contribution in [0.5, 0.6) is 11.5 Å². The number of carbonyl (C=O) groups is 2. The number of benzene rings is 1. The number of hydrogen-bond acceptors (Lipinski definition) is 6. The molecule has 1 aliphatic rings. The van der Waals surface area contributed by atoms with Crippen LogP contribution in [-0.4, -0.2) is 31.8 Å². The topological polar surface area (TPSA) is 114 Å². The number of rotatable bonds is 6. The van der Waals surface area contributed by atoms with Gasteiger partial charge in [-0.25, -0.2) is 0 Å². The number of carbonyl (C=O) groups excluding carboxylic acids is 2. The fraction of sp³-hybridized carbons (Fsp3) is 0.312. The second-order valence-electron chi connectivity index (χ2n) is 5.02. The number of nitrogens with two attached hydrogens (primary N) is 1. The smallest absolute Gasteiger partial charge is 0.227 e. The number of methoxy groups -OCH3 is 2. The molecule has 3 N–H and O–H groups in total. The Labute approximate surface area is 143 Å². The van der Waals surface area contributed by atoms with Crippen LogP contribution in [0, 0.1) is 11.3 Å². The van der Waals surface area contributed by atoms with Crippen molar-refractivity contribution < 1.29 is 19.1 Å². The van der Waals surface area contributed by atoms with E-state index in [1.165, 1.54) is 14.2 Å². The number of primary amides is 1. The van der Waals surface area contributed by atoms with Gasteiger partial charge in [0.25, 0.3) is 0 Å². The second kappa shape index (κ2) is 7.75. The first-order valence-electron chi connectivity index (χ1n) is 7.07. The maximum Gasteiger partial charge on any atom is 0.227 e. The van der Waals surface area contributed by atoms with Crippen LogP contribution >= 0.6 is 11.8 Å². The Bertz CT molecular complexity index is 739. The minimum Gasteiger partial charge on any atom is -0.497 e. The number of hydrogen-bond donors (Lipinski definition) is 2. The zero-order valence-corrected chi connectivity index (χ0v) is 14.1. The minimum atomic E-state index is -0.528. The molecule has 1 heterocycles. The molecule has 0 aromatic heterocycles. The van der Waals surface area contributed by atoms with E-state index in [2.05, 4.69) is 11.4 Å². The number of nitrogens with zero attached hydrogens (tertiary/aromatic N) is 1. The van der Waals surface area contributed by atoms with Crippen molar-refractivity contribution >= 4 is 23.6 Å². The van der Waals surface area contributed by atoms with E-state index in [0.717, 1.165) is 11.8 Å². The standard InChI is InChI=1S/C16H17N3O4S/c1-22-9-3-4-13(23-2)11(5-9)10-6-15(21)19-16(12(10)7-17)24-8-14(18)20/h3-5,10H,6,8H2,1-2H3,(H2,18,20)(H,19,21). The van der Waals surface area contributed by atoms with Crippen LogP contribution in [0.15, 0.2) is 28.8 Å². The maximum absolute atomic E-state index is 12.1. The molecule has 2 rings (SSSR count). The molecule has 1 atom stereocenters. The van der Waals surface area contributed by atoms with Gasteiger partial charge in [0, 0.05) is 17.9 Å². The van der Waals surface area contributed by atoms with E-state index in [1.807, 2.05) is 0 Å². The number of nitriles is 1. The second-order valence-corrected chi connectivity index (χ2v) is 6.01. The van der Waals surface area contributed by atoms with Crippen LogP contribution in [0.25, 0.3) is 0 Å². The number of thioether (sulfide) groups is 1. The minimum absolute atomic E-state index is 0.0250. The molecule has 2 amide bonds. The van der Waals surface area contributed by atoms with E-state index in [4.69, 9.17) is 15.2 Å². The summed E-state index contributed by atoms with van der Waals surface area (Å²) >= 11 is 1.04. The van der Waals surface area contributed by atoms with Gasteiger partial charge in [0.15, 0.2) is 0 Å². The third kappa shape index (κ3) is 3.81. The molecule has 1 unspecified atom stereocenters. The molecule has 0 saturated heterocycles. The Kier molecular flexibility index (Phi) is 5.71. The van der Waals surface area contributed by atoms with Crippen molar-refractivity contribution in [2.75, 3.05) is 20.0 Å². The van der Waals surface area contributed by atoms with E-state index in [-0.39, 0.29) is 18.1 Å². The molecule has 0 aliphatic carbocycles. The summed E-state index contributed by atoms with van der Waals surface area (Å²) in [6.07, 6.45) is 0.104. The highest BCUT2D eigenvalue weighted by Crippen LogP contribution is 2.41. The molecule has 0 saturated carbocycles. The highest BCUT2D eigenvalue weighted by molar-refractivity contribution is 8.03. The predicted molar refractivity (Wildman–Crippen MR) is 89.3 cm³/mol. The van der Waals surface area contributed by atoms with Gasteiger partial charge < -0.3 is 20.5 Å². The fourth-order valence-electron chi connectivity index (χ4n) is 2.45. The lowest BCUT2D eigenvalue weighted by molar-refractivity contribution is -0.121. The first-order valence-corrected chi connectivity index (χ1v) is 8.05. The molecule has 0 spiro atoms. The summed E-state index contributed by atoms with van der Waals surface area (Å²) in [7, 11) is 3.06. The molecular weight excluding hydrogens is 330 g/mol. The fourth-order valence-corrected chi connectivity index (χ4v) is 3.27. The van der Waals surface area contributed by atoms with Crippen molar-refractivity contribution in [3.63, 3.8) is 0 Å². The van der Waals surface area contributed by atoms with Gasteiger partial charge in [-0.1, -0.05) is 11.8 Å². The molecule has 1 aliphatic heterocycles. The number of allylic oxidation sites excluding steroid dienone is 1. The monoisotopic (exact) mass is 347 g/mol. The molecule has 1 aromatic rings. The van der Waals surface area contributed by atoms with Crippen molar-refractivity contribution in [2.24, 2.45) is 5.73 Å². The average molecular weight is 347 g/mol. The molecular formula is C16H17N3O4S. The van der Waals surface area contributed by atoms with Crippen LogP contribution in [-0.2, 0) is 9.59 Å². The lowest BCUT2D eigenvalue weighted by Gasteiger charge is -2.26. The molecule has 8 heteroatoms. The van der Waals surface area contributed by atoms with Gasteiger partial charge in [-0.3, -0.25) is 9.59 Å². The zero-order valence-electron chi connectivity index (χ0n) is 13.3. The summed E-state index contributed by atoms with van der Waals surface area (Å²) in [4.78, 5) is 23.1. The van der Waals surface area contributed by atoms with Gasteiger partial charge >= 0.3 is 0 Å². The first-order chi connectivity index (χ1) is 11.5. The molecule has 0 radical (unpaired) electrons. The third-order valence-electron chi connectivity index (χ3n) is 3.53. The maximum atomic E-state index is 12.1. The lowest BCUT2D eigenvalue weighted by Crippen LogP contribution is -2.31. The normalized spacial score (nSPS) is 17.0. The van der Waals surface area contributed by atoms with E-state index in [0.29, 0.717) is 27.7 Å². The van der Waals surface area contributed by atoms with Gasteiger partial charge in [-0.05, 0) is 18.2 Å². The third-order valence-corrected chi connectivity index (χ3v) is 4.57. The predicted octanol–water partition coefficient (Wildman–Crippen LogP) is 1.26. The van der Waals surface area contributed by atoms with Gasteiger partial charge in [0.05, 0.1) is 36.6 Å². The largest absolute Gasteiger partial charge is 0.497 e. The summed E-state index contributed by atoms with van der Waals surface area (Å²) in [5.74, 6) is -0.119. The molecule has 126 valence electrons. The van der Waals surface area contributed by atoms with Crippen molar-refractivity contribution in [2.45, 2.75) is 12.3 Å². The van der Waals surface area contributed by atoms with Gasteiger partial charge in [0.2, 0.25) is 11.8 Å². The SMILES string of the molecule is COc1ccc(OC)c(C2CC(=O)NC(SCC(N)=O)=C2C#N)c1. The van der Waals surface area contributed by atoms with E-state index < -0.39 is 11.8 Å². The van der Waals surface area contributed by atoms with Gasteiger partial charge in [-0.15, -0.1) is 0 Å². The number of nitrogens with one attached hydrogen (secondary N) is 1. The summed E-state index contributed by atoms with van der Waals surface area (Å²) in [5.41, 5.74) is 6.19. The van der Waals surface area contributed by atoms with E-state index in [1.54, 1.807) is 18.2 Å². The summed E-state index contributed by atoms with van der Waals surface area (Å²) < 4.78 is 10.6. The molecule has 0 fully saturated rings. The Morgan fingerprint density at radius 2 is 2.21 bits per heavy atom. The highest BCUT2D eigenvalue weighted by Gasteiger charge is 2.31. The van der Waals surface area contributed by atoms with Crippen LogP contribution in [0.2, 0.25) is 0 Å². The molecule has 7 nitrogen and oxygen atoms in total. The number of ether oxygens (including phenoxy) is 2.